The predicted octanol–water partition coefficient (Wildman–Crippen LogP) is -0.00990. The highest BCUT2D eigenvalue weighted by molar-refractivity contribution is 7.16. The summed E-state index contributed by atoms with van der Waals surface area (Å²) in [4.78, 5) is 6.99. The third-order valence-electron chi connectivity index (χ3n) is 0.331. The number of nitrogens with one attached hydrogen (secondary N) is 1. The number of aromatic amines is 1. The summed E-state index contributed by atoms with van der Waals surface area (Å²) in [5.41, 5.74) is 0. The fourth-order valence-corrected chi connectivity index (χ4v) is 0.167. The number of nitrogens with zero attached hydrogens (tertiary/aromatic N) is 2. The van der Waals surface area contributed by atoms with Gasteiger partial charge in [0, 0.05) is 0 Å². The van der Waals surface area contributed by atoms with E-state index in [1.807, 2.05) is 0 Å². The summed E-state index contributed by atoms with van der Waals surface area (Å²) in [5, 5.41) is 9.33. The monoisotopic (exact) mass is 133 g/mol. The van der Waals surface area contributed by atoms with Crippen LogP contribution in [0.2, 0.25) is 0 Å². The maximum absolute atomic E-state index is 8.46. The van der Waals surface area contributed by atoms with Crippen molar-refractivity contribution in [1.29, 1.82) is 0 Å². The Labute approximate surface area is 47.0 Å². The normalized spacial score (nSPS) is 7.62. The number of hydrogen-bond donors (Lipinski definition) is 2. The summed E-state index contributed by atoms with van der Waals surface area (Å²) in [6.07, 6.45) is 3.17. The lowest BCUT2D eigenvalue weighted by Gasteiger charge is -1.48. The van der Waals surface area contributed by atoms with Gasteiger partial charge in [-0.25, -0.2) is 4.57 Å². The Morgan fingerprint density at radius 3 is 2.00 bits per heavy atom. The van der Waals surface area contributed by atoms with Crippen molar-refractivity contribution in [3.63, 3.8) is 0 Å². The van der Waals surface area contributed by atoms with Gasteiger partial charge >= 0.3 is 8.69 Å². The number of hydrogen-bond acceptors (Lipinski definition) is 3. The highest BCUT2D eigenvalue weighted by Crippen LogP contribution is 1.66. The molecule has 0 amide bonds. The molecule has 1 heterocycles. The highest BCUT2D eigenvalue weighted by Gasteiger charge is 1.57. The Morgan fingerprint density at radius 1 is 1.50 bits per heavy atom. The summed E-state index contributed by atoms with van der Waals surface area (Å²) < 4.78 is 8.46. The third kappa shape index (κ3) is 5.20. The average molecular weight is 133 g/mol. The van der Waals surface area contributed by atoms with Crippen molar-refractivity contribution < 1.29 is 9.46 Å². The van der Waals surface area contributed by atoms with E-state index in [0.717, 1.165) is 0 Å². The van der Waals surface area contributed by atoms with Gasteiger partial charge in [-0.05, 0) is 0 Å². The van der Waals surface area contributed by atoms with Crippen molar-refractivity contribution in [3.8, 4) is 0 Å². The van der Waals surface area contributed by atoms with Gasteiger partial charge in [0.2, 0.25) is 0 Å². The van der Waals surface area contributed by atoms with Crippen LogP contribution in [0.25, 0.3) is 0 Å². The van der Waals surface area contributed by atoms with Gasteiger partial charge in [-0.3, -0.25) is 0 Å². The van der Waals surface area contributed by atoms with Crippen LogP contribution >= 0.6 is 8.69 Å². The summed E-state index contributed by atoms with van der Waals surface area (Å²) >= 11 is 0. The second-order valence-corrected chi connectivity index (χ2v) is 0.901. The largest absolute Gasteiger partial charge is 0.324 e. The number of H-pyrrole nitrogens is 1. The van der Waals surface area contributed by atoms with Crippen molar-refractivity contribution in [2.45, 2.75) is 0 Å². The maximum Gasteiger partial charge on any atom is 0.324 e. The summed E-state index contributed by atoms with van der Waals surface area (Å²) in [7, 11) is -0.833. The van der Waals surface area contributed by atoms with E-state index >= 15 is 0 Å². The van der Waals surface area contributed by atoms with E-state index in [4.69, 9.17) is 9.46 Å². The van der Waals surface area contributed by atoms with Crippen LogP contribution in [0.5, 0.6) is 0 Å². The van der Waals surface area contributed by atoms with Crippen molar-refractivity contribution >= 4 is 8.69 Å². The van der Waals surface area contributed by atoms with Gasteiger partial charge in [-0.15, -0.1) is 0 Å². The minimum Gasteiger partial charge on any atom is -0.310 e. The lowest BCUT2D eigenvalue weighted by Crippen LogP contribution is -1.61. The van der Waals surface area contributed by atoms with Crippen LogP contribution in [0.3, 0.4) is 0 Å². The molecule has 6 heteroatoms. The molecule has 0 fully saturated rings. The molecule has 0 aliphatic rings. The van der Waals surface area contributed by atoms with Crippen molar-refractivity contribution in [2.75, 3.05) is 0 Å². The molecule has 0 atom stereocenters. The van der Waals surface area contributed by atoms with Crippen LogP contribution in [0.15, 0.2) is 12.4 Å². The molecule has 0 unspecified atom stereocenters. The first-order valence-corrected chi connectivity index (χ1v) is 2.44. The van der Waals surface area contributed by atoms with E-state index in [-0.39, 0.29) is 0 Å². The Morgan fingerprint density at radius 2 is 1.88 bits per heavy atom. The van der Waals surface area contributed by atoms with Crippen LogP contribution in [0.1, 0.15) is 0 Å². The van der Waals surface area contributed by atoms with Crippen molar-refractivity contribution in [1.82, 2.24) is 15.4 Å². The van der Waals surface area contributed by atoms with E-state index in [9.17, 15) is 0 Å². The number of rotatable bonds is 0. The molecular formula is C2H4N3O2P. The van der Waals surface area contributed by atoms with E-state index in [1.54, 1.807) is 12.4 Å². The second kappa shape index (κ2) is 6.20. The van der Waals surface area contributed by atoms with Crippen LogP contribution in [0, 0.1) is 0 Å². The van der Waals surface area contributed by atoms with E-state index in [2.05, 4.69) is 15.4 Å². The van der Waals surface area contributed by atoms with Gasteiger partial charge in [0.1, 0.15) is 0 Å². The van der Waals surface area contributed by atoms with Gasteiger partial charge in [0.25, 0.3) is 0 Å². The molecule has 0 spiro atoms. The molecule has 0 aliphatic carbocycles. The first-order chi connectivity index (χ1) is 3.91. The second-order valence-electron chi connectivity index (χ2n) is 0.738. The molecule has 5 nitrogen and oxygen atoms in total. The van der Waals surface area contributed by atoms with Gasteiger partial charge in [-0.2, -0.15) is 15.4 Å². The molecule has 44 valence electrons. The molecule has 1 aromatic heterocycles. The fraction of sp³-hybridized carbons (Fsp3) is 0. The summed E-state index contributed by atoms with van der Waals surface area (Å²) in [6.45, 7) is 0. The first kappa shape index (κ1) is 7.20. The lowest BCUT2D eigenvalue weighted by molar-refractivity contribution is 0.524. The van der Waals surface area contributed by atoms with Gasteiger partial charge < -0.3 is 4.89 Å². The molecular weight excluding hydrogens is 129 g/mol. The van der Waals surface area contributed by atoms with Crippen molar-refractivity contribution in [2.24, 2.45) is 0 Å². The smallest absolute Gasteiger partial charge is 0.310 e. The topological polar surface area (TPSA) is 78.9 Å². The van der Waals surface area contributed by atoms with E-state index in [1.165, 1.54) is 0 Å². The minimum absolute atomic E-state index is 0.833. The first-order valence-electron chi connectivity index (χ1n) is 1.68. The minimum atomic E-state index is -0.833. The predicted molar refractivity (Wildman–Crippen MR) is 26.2 cm³/mol. The molecule has 0 radical (unpaired) electrons. The molecule has 8 heavy (non-hydrogen) atoms. The van der Waals surface area contributed by atoms with E-state index < -0.39 is 8.69 Å². The molecule has 0 bridgehead atoms. The molecule has 0 aliphatic heterocycles. The Kier molecular flexibility index (Phi) is 5.58. The molecule has 1 aromatic rings. The Balaban J connectivity index is 0.000000145. The van der Waals surface area contributed by atoms with Gasteiger partial charge in [0.05, 0.1) is 12.4 Å². The standard InChI is InChI=1S/C2H3N3.HO2P/c1-2-4-5-3-1;1-3-2/h1-2H,(H,3,4,5);(H,1,2). The zero-order chi connectivity index (χ0) is 6.24. The Hall–Kier alpha value is -0.800. The summed E-state index contributed by atoms with van der Waals surface area (Å²) in [6, 6.07) is 0. The van der Waals surface area contributed by atoms with Crippen molar-refractivity contribution in [3.05, 3.63) is 12.4 Å². The molecule has 0 aromatic carbocycles. The molecule has 0 saturated heterocycles. The van der Waals surface area contributed by atoms with Crippen LogP contribution in [-0.4, -0.2) is 20.3 Å². The third-order valence-corrected chi connectivity index (χ3v) is 0.331. The molecule has 0 saturated carbocycles. The molecule has 1 rings (SSSR count). The number of aromatic nitrogens is 3. The SMILES string of the molecule is O=PO.c1cn[nH]n1. The summed E-state index contributed by atoms with van der Waals surface area (Å²) in [5.74, 6) is 0. The zero-order valence-electron chi connectivity index (χ0n) is 3.85. The molecule has 2 N–H and O–H groups in total. The lowest BCUT2D eigenvalue weighted by atomic mass is 11.0. The zero-order valence-corrected chi connectivity index (χ0v) is 4.75. The Bertz CT molecular complexity index is 102. The highest BCUT2D eigenvalue weighted by atomic mass is 31.1. The van der Waals surface area contributed by atoms with E-state index in [0.29, 0.717) is 0 Å². The maximum atomic E-state index is 8.46. The van der Waals surface area contributed by atoms with Crippen LogP contribution in [0.4, 0.5) is 0 Å². The quantitative estimate of drug-likeness (QED) is 0.488. The average Bonchev–Trinajstić information content (AvgIpc) is 2.17. The van der Waals surface area contributed by atoms with Crippen LogP contribution < -0.4 is 0 Å². The van der Waals surface area contributed by atoms with Gasteiger partial charge in [-0.1, -0.05) is 0 Å². The fourth-order valence-electron chi connectivity index (χ4n) is 0.167. The van der Waals surface area contributed by atoms with Gasteiger partial charge in [0.15, 0.2) is 0 Å². The van der Waals surface area contributed by atoms with Crippen LogP contribution in [-0.2, 0) is 4.57 Å².